The maximum Gasteiger partial charge on any atom is 0.196 e. The van der Waals surface area contributed by atoms with E-state index in [1.54, 1.807) is 6.07 Å². The SMILES string of the molecule is Cc1ccc2ccccc2c1C(=O)c1cc(Br)ccc1F. The summed E-state index contributed by atoms with van der Waals surface area (Å²) in [5, 5.41) is 1.82. The highest BCUT2D eigenvalue weighted by molar-refractivity contribution is 9.10. The molecule has 0 aromatic heterocycles. The zero-order chi connectivity index (χ0) is 15.0. The number of halogens is 2. The topological polar surface area (TPSA) is 17.1 Å². The maximum absolute atomic E-state index is 14.0. The summed E-state index contributed by atoms with van der Waals surface area (Å²) >= 11 is 3.29. The summed E-state index contributed by atoms with van der Waals surface area (Å²) in [4.78, 5) is 12.8. The molecule has 0 amide bonds. The van der Waals surface area contributed by atoms with E-state index in [0.717, 1.165) is 16.3 Å². The number of carbonyl (C=O) groups is 1. The Balaban J connectivity index is 2.27. The summed E-state index contributed by atoms with van der Waals surface area (Å²) in [7, 11) is 0. The van der Waals surface area contributed by atoms with Crippen molar-refractivity contribution in [2.45, 2.75) is 6.92 Å². The molecule has 0 saturated carbocycles. The number of ketones is 1. The second kappa shape index (κ2) is 5.41. The Morgan fingerprint density at radius 1 is 1.05 bits per heavy atom. The first-order chi connectivity index (χ1) is 10.1. The number of hydrogen-bond donors (Lipinski definition) is 0. The lowest BCUT2D eigenvalue weighted by Gasteiger charge is -2.10. The fraction of sp³-hybridized carbons (Fsp3) is 0.0556. The Bertz CT molecular complexity index is 855. The molecule has 0 fully saturated rings. The third-order valence-electron chi connectivity index (χ3n) is 3.54. The summed E-state index contributed by atoms with van der Waals surface area (Å²) in [6.45, 7) is 1.87. The molecular formula is C18H12BrFO. The lowest BCUT2D eigenvalue weighted by molar-refractivity contribution is 0.103. The van der Waals surface area contributed by atoms with Crippen molar-refractivity contribution in [1.82, 2.24) is 0 Å². The van der Waals surface area contributed by atoms with Gasteiger partial charge in [0.1, 0.15) is 5.82 Å². The van der Waals surface area contributed by atoms with Gasteiger partial charge in [0.25, 0.3) is 0 Å². The van der Waals surface area contributed by atoms with Gasteiger partial charge in [0, 0.05) is 10.0 Å². The van der Waals surface area contributed by atoms with E-state index >= 15 is 0 Å². The molecular weight excluding hydrogens is 331 g/mol. The van der Waals surface area contributed by atoms with E-state index in [1.165, 1.54) is 12.1 Å². The van der Waals surface area contributed by atoms with Crippen LogP contribution < -0.4 is 0 Å². The molecule has 3 aromatic rings. The van der Waals surface area contributed by atoms with Crippen molar-refractivity contribution in [3.05, 3.63) is 81.6 Å². The molecule has 0 unspecified atom stereocenters. The standard InChI is InChI=1S/C18H12BrFO/c1-11-6-7-12-4-2-3-5-14(12)17(11)18(21)15-10-13(19)8-9-16(15)20/h2-10H,1H3. The Morgan fingerprint density at radius 2 is 1.81 bits per heavy atom. The monoisotopic (exact) mass is 342 g/mol. The Hall–Kier alpha value is -2.00. The van der Waals surface area contributed by atoms with Crippen LogP contribution in [0.15, 0.2) is 59.1 Å². The van der Waals surface area contributed by atoms with Gasteiger partial charge in [0.2, 0.25) is 0 Å². The van der Waals surface area contributed by atoms with Crippen molar-refractivity contribution in [2.24, 2.45) is 0 Å². The number of aryl methyl sites for hydroxylation is 1. The van der Waals surface area contributed by atoms with Crippen LogP contribution in [0.25, 0.3) is 10.8 Å². The van der Waals surface area contributed by atoms with Gasteiger partial charge in [-0.1, -0.05) is 52.3 Å². The van der Waals surface area contributed by atoms with Gasteiger partial charge in [-0.05, 0) is 41.5 Å². The number of carbonyl (C=O) groups excluding carboxylic acids is 1. The fourth-order valence-corrected chi connectivity index (χ4v) is 2.85. The third-order valence-corrected chi connectivity index (χ3v) is 4.03. The average Bonchev–Trinajstić information content (AvgIpc) is 2.49. The minimum atomic E-state index is -0.504. The van der Waals surface area contributed by atoms with Gasteiger partial charge in [-0.2, -0.15) is 0 Å². The van der Waals surface area contributed by atoms with Crippen LogP contribution in [0.2, 0.25) is 0 Å². The molecule has 3 rings (SSSR count). The lowest BCUT2D eigenvalue weighted by Crippen LogP contribution is -2.07. The predicted octanol–water partition coefficient (Wildman–Crippen LogP) is 5.28. The zero-order valence-electron chi connectivity index (χ0n) is 11.4. The molecule has 0 heterocycles. The van der Waals surface area contributed by atoms with Gasteiger partial charge >= 0.3 is 0 Å². The summed E-state index contributed by atoms with van der Waals surface area (Å²) < 4.78 is 14.7. The molecule has 0 N–H and O–H groups in total. The molecule has 3 heteroatoms. The number of hydrogen-bond acceptors (Lipinski definition) is 1. The van der Waals surface area contributed by atoms with E-state index in [1.807, 2.05) is 43.3 Å². The van der Waals surface area contributed by atoms with Crippen molar-refractivity contribution in [2.75, 3.05) is 0 Å². The fourth-order valence-electron chi connectivity index (χ4n) is 2.49. The van der Waals surface area contributed by atoms with E-state index in [4.69, 9.17) is 0 Å². The van der Waals surface area contributed by atoms with Crippen LogP contribution in [0.4, 0.5) is 4.39 Å². The van der Waals surface area contributed by atoms with Crippen LogP contribution in [-0.2, 0) is 0 Å². The number of rotatable bonds is 2. The van der Waals surface area contributed by atoms with Crippen LogP contribution in [-0.4, -0.2) is 5.78 Å². The first-order valence-electron chi connectivity index (χ1n) is 6.56. The lowest BCUT2D eigenvalue weighted by atomic mass is 9.93. The van der Waals surface area contributed by atoms with Crippen molar-refractivity contribution in [3.63, 3.8) is 0 Å². The summed E-state index contributed by atoms with van der Waals surface area (Å²) in [6.07, 6.45) is 0. The molecule has 1 nitrogen and oxygen atoms in total. The average molecular weight is 343 g/mol. The van der Waals surface area contributed by atoms with Gasteiger partial charge in [-0.25, -0.2) is 4.39 Å². The molecule has 104 valence electrons. The summed E-state index contributed by atoms with van der Waals surface area (Å²) in [6, 6.07) is 15.9. The van der Waals surface area contributed by atoms with E-state index < -0.39 is 5.82 Å². The van der Waals surface area contributed by atoms with E-state index in [-0.39, 0.29) is 11.3 Å². The molecule has 0 aliphatic rings. The van der Waals surface area contributed by atoms with Gasteiger partial charge in [-0.15, -0.1) is 0 Å². The van der Waals surface area contributed by atoms with Gasteiger partial charge in [0.05, 0.1) is 5.56 Å². The van der Waals surface area contributed by atoms with Gasteiger partial charge < -0.3 is 0 Å². The van der Waals surface area contributed by atoms with Crippen LogP contribution >= 0.6 is 15.9 Å². The van der Waals surface area contributed by atoms with Crippen molar-refractivity contribution in [1.29, 1.82) is 0 Å². The first-order valence-corrected chi connectivity index (χ1v) is 7.35. The molecule has 0 atom stereocenters. The molecule has 0 bridgehead atoms. The smallest absolute Gasteiger partial charge is 0.196 e. The summed E-state index contributed by atoms with van der Waals surface area (Å²) in [5.41, 5.74) is 1.49. The molecule has 0 saturated heterocycles. The Labute approximate surface area is 130 Å². The van der Waals surface area contributed by atoms with Crippen LogP contribution in [0.1, 0.15) is 21.5 Å². The van der Waals surface area contributed by atoms with Crippen LogP contribution in [0.5, 0.6) is 0 Å². The summed E-state index contributed by atoms with van der Waals surface area (Å²) in [5.74, 6) is -0.793. The minimum Gasteiger partial charge on any atom is -0.288 e. The third kappa shape index (κ3) is 2.49. The van der Waals surface area contributed by atoms with Crippen LogP contribution in [0, 0.1) is 12.7 Å². The largest absolute Gasteiger partial charge is 0.288 e. The Kier molecular flexibility index (Phi) is 3.60. The molecule has 21 heavy (non-hydrogen) atoms. The van der Waals surface area contributed by atoms with Crippen LogP contribution in [0.3, 0.4) is 0 Å². The van der Waals surface area contributed by atoms with E-state index in [2.05, 4.69) is 15.9 Å². The van der Waals surface area contributed by atoms with Crippen molar-refractivity contribution in [3.8, 4) is 0 Å². The number of fused-ring (bicyclic) bond motifs is 1. The highest BCUT2D eigenvalue weighted by Crippen LogP contribution is 2.26. The zero-order valence-corrected chi connectivity index (χ0v) is 12.9. The van der Waals surface area contributed by atoms with Gasteiger partial charge in [-0.3, -0.25) is 4.79 Å². The van der Waals surface area contributed by atoms with E-state index in [9.17, 15) is 9.18 Å². The maximum atomic E-state index is 14.0. The highest BCUT2D eigenvalue weighted by atomic mass is 79.9. The Morgan fingerprint density at radius 3 is 2.62 bits per heavy atom. The van der Waals surface area contributed by atoms with E-state index in [0.29, 0.717) is 10.0 Å². The highest BCUT2D eigenvalue weighted by Gasteiger charge is 2.18. The quantitative estimate of drug-likeness (QED) is 0.579. The van der Waals surface area contributed by atoms with Crippen molar-refractivity contribution >= 4 is 32.5 Å². The normalized spacial score (nSPS) is 10.8. The molecule has 0 aliphatic heterocycles. The second-order valence-corrected chi connectivity index (χ2v) is 5.85. The molecule has 0 radical (unpaired) electrons. The molecule has 3 aromatic carbocycles. The second-order valence-electron chi connectivity index (χ2n) is 4.93. The number of benzene rings is 3. The minimum absolute atomic E-state index is 0.0869. The van der Waals surface area contributed by atoms with Gasteiger partial charge in [0.15, 0.2) is 5.78 Å². The molecule has 0 aliphatic carbocycles. The van der Waals surface area contributed by atoms with Crippen molar-refractivity contribution < 1.29 is 9.18 Å². The molecule has 0 spiro atoms. The predicted molar refractivity (Wildman–Crippen MR) is 86.2 cm³/mol. The first kappa shape index (κ1) is 14.0.